The molecule has 0 saturated carbocycles. The number of hydrogen-bond donors (Lipinski definition) is 10. The first-order valence-electron chi connectivity index (χ1n) is 17.4. The normalized spacial score (nSPS) is 13.3. The van der Waals surface area contributed by atoms with E-state index >= 15 is 0 Å². The van der Waals surface area contributed by atoms with Gasteiger partial charge in [-0.3, -0.25) is 28.8 Å². The van der Waals surface area contributed by atoms with Crippen LogP contribution < -0.4 is 26.6 Å². The fourth-order valence-corrected chi connectivity index (χ4v) is 4.66. The molecule has 0 fully saturated rings. The molecule has 5 amide bonds. The van der Waals surface area contributed by atoms with Crippen LogP contribution in [-0.2, 0) is 43.1 Å². The minimum absolute atomic E-state index is 0.0617. The van der Waals surface area contributed by atoms with Crippen molar-refractivity contribution >= 4 is 53.6 Å². The van der Waals surface area contributed by atoms with E-state index in [1.54, 1.807) is 20.8 Å². The summed E-state index contributed by atoms with van der Waals surface area (Å²) in [6.45, 7) is 5.26. The van der Waals surface area contributed by atoms with Gasteiger partial charge in [0.05, 0.1) is 12.6 Å². The number of carboxylic acid groups (broad SMARTS) is 4. The van der Waals surface area contributed by atoms with Crippen LogP contribution in [-0.4, -0.2) is 122 Å². The fourth-order valence-electron chi connectivity index (χ4n) is 4.66. The maximum atomic E-state index is 13.0. The molecule has 0 bridgehead atoms. The van der Waals surface area contributed by atoms with Gasteiger partial charge in [0.1, 0.15) is 23.7 Å². The second-order valence-electron chi connectivity index (χ2n) is 13.3. The molecule has 0 aromatic rings. The van der Waals surface area contributed by atoms with Crippen LogP contribution in [0.25, 0.3) is 0 Å². The van der Waals surface area contributed by atoms with E-state index in [1.807, 2.05) is 0 Å². The van der Waals surface area contributed by atoms with Gasteiger partial charge in [-0.2, -0.15) is 0 Å². The van der Waals surface area contributed by atoms with Crippen LogP contribution in [0.4, 0.5) is 4.79 Å². The minimum Gasteiger partial charge on any atom is -0.481 e. The van der Waals surface area contributed by atoms with Gasteiger partial charge in [0.2, 0.25) is 23.6 Å². The predicted octanol–water partition coefficient (Wildman–Crippen LogP) is 0.242. The summed E-state index contributed by atoms with van der Waals surface area (Å²) < 4.78 is 5.16. The molecule has 4 atom stereocenters. The zero-order chi connectivity index (χ0) is 40.6. The van der Waals surface area contributed by atoms with Crippen molar-refractivity contribution in [3.05, 3.63) is 0 Å². The number of ether oxygens (including phenoxy) is 1. The molecule has 0 aromatic carbocycles. The second-order valence-corrected chi connectivity index (χ2v) is 13.3. The van der Waals surface area contributed by atoms with Crippen LogP contribution in [0.15, 0.2) is 0 Å². The molecular formula is C33H55N5O15. The molecule has 20 heteroatoms. The third-order valence-corrected chi connectivity index (χ3v) is 7.41. The minimum atomic E-state index is -1.66. The highest BCUT2D eigenvalue weighted by atomic mass is 16.6. The fraction of sp³-hybridized carbons (Fsp3) is 0.727. The number of carboxylic acids is 4. The average Bonchev–Trinajstić information content (AvgIpc) is 3.04. The van der Waals surface area contributed by atoms with Gasteiger partial charge in [-0.05, 0) is 59.3 Å². The van der Waals surface area contributed by atoms with Gasteiger partial charge in [0.15, 0.2) is 0 Å². The van der Waals surface area contributed by atoms with E-state index in [1.165, 1.54) is 0 Å². The topological polar surface area (TPSA) is 324 Å². The molecule has 53 heavy (non-hydrogen) atoms. The zero-order valence-electron chi connectivity index (χ0n) is 30.4. The number of aliphatic carboxylic acids is 4. The van der Waals surface area contributed by atoms with E-state index in [0.717, 1.165) is 25.7 Å². The van der Waals surface area contributed by atoms with Crippen molar-refractivity contribution in [3.8, 4) is 0 Å². The Morgan fingerprint density at radius 2 is 1.00 bits per heavy atom. The first-order valence-corrected chi connectivity index (χ1v) is 17.4. The molecule has 20 nitrogen and oxygen atoms in total. The Hall–Kier alpha value is -5.01. The Morgan fingerprint density at radius 3 is 1.51 bits per heavy atom. The standard InChI is InChI=1S/C33H55N5O15/c1-33(2,3)53-32(52)34-18-8-6-4-5-7-9-24(40)35-20(19-39)10-14-25(41)36-21(29(47)38-23(31(50)51)13-17-28(45)46)11-15-26(42)37-22(30(48)49)12-16-27(43)44/h20-23,39H,4-19H2,1-3H3,(H,34,52)(H,35,40)(H,36,41)(H,37,42)(H,38,47)(H,43,44)(H,45,46)(H,48,49)(H,50,51). The summed E-state index contributed by atoms with van der Waals surface area (Å²) >= 11 is 0. The highest BCUT2D eigenvalue weighted by molar-refractivity contribution is 5.91. The van der Waals surface area contributed by atoms with Crippen molar-refractivity contribution in [2.24, 2.45) is 0 Å². The van der Waals surface area contributed by atoms with Gasteiger partial charge < -0.3 is 56.9 Å². The highest BCUT2D eigenvalue weighted by Crippen LogP contribution is 2.09. The monoisotopic (exact) mass is 761 g/mol. The number of carbonyl (C=O) groups is 9. The van der Waals surface area contributed by atoms with Crippen molar-refractivity contribution in [2.45, 2.75) is 140 Å². The molecule has 0 rings (SSSR count). The van der Waals surface area contributed by atoms with Crippen LogP contribution >= 0.6 is 0 Å². The Balaban J connectivity index is 5.09. The zero-order valence-corrected chi connectivity index (χ0v) is 30.4. The van der Waals surface area contributed by atoms with Gasteiger partial charge in [0.25, 0.3) is 0 Å². The average molecular weight is 762 g/mol. The third-order valence-electron chi connectivity index (χ3n) is 7.41. The Morgan fingerprint density at radius 1 is 0.547 bits per heavy atom. The van der Waals surface area contributed by atoms with E-state index in [4.69, 9.17) is 14.9 Å². The first kappa shape index (κ1) is 48.0. The summed E-state index contributed by atoms with van der Waals surface area (Å²) in [5, 5.41) is 58.1. The quantitative estimate of drug-likeness (QED) is 0.0478. The summed E-state index contributed by atoms with van der Waals surface area (Å²) in [6, 6.07) is -5.58. The van der Waals surface area contributed by atoms with E-state index < -0.39 is 123 Å². The van der Waals surface area contributed by atoms with Crippen molar-refractivity contribution in [2.75, 3.05) is 13.2 Å². The lowest BCUT2D eigenvalue weighted by atomic mass is 10.1. The van der Waals surface area contributed by atoms with Crippen LogP contribution in [0.2, 0.25) is 0 Å². The smallest absolute Gasteiger partial charge is 0.407 e. The summed E-state index contributed by atoms with van der Waals surface area (Å²) in [6.07, 6.45) is -0.125. The molecule has 0 radical (unpaired) electrons. The molecule has 10 N–H and O–H groups in total. The molecule has 0 saturated heterocycles. The lowest BCUT2D eigenvalue weighted by Crippen LogP contribution is -2.52. The van der Waals surface area contributed by atoms with Crippen molar-refractivity contribution in [3.63, 3.8) is 0 Å². The number of nitrogens with one attached hydrogen (secondary N) is 5. The summed E-state index contributed by atoms with van der Waals surface area (Å²) in [5.41, 5.74) is -0.582. The number of amides is 5. The van der Waals surface area contributed by atoms with Gasteiger partial charge in [-0.25, -0.2) is 14.4 Å². The second kappa shape index (κ2) is 25.9. The number of hydrogen-bond acceptors (Lipinski definition) is 11. The molecule has 0 aliphatic heterocycles. The molecular weight excluding hydrogens is 706 g/mol. The molecule has 0 heterocycles. The first-order chi connectivity index (χ1) is 24.7. The van der Waals surface area contributed by atoms with Crippen LogP contribution in [0.1, 0.15) is 111 Å². The van der Waals surface area contributed by atoms with Crippen LogP contribution in [0.5, 0.6) is 0 Å². The molecule has 0 aromatic heterocycles. The molecule has 302 valence electrons. The van der Waals surface area contributed by atoms with E-state index in [-0.39, 0.29) is 25.2 Å². The lowest BCUT2D eigenvalue weighted by molar-refractivity contribution is -0.144. The molecule has 4 unspecified atom stereocenters. The molecule has 0 spiro atoms. The SMILES string of the molecule is CC(C)(C)OC(=O)NCCCCCCCC(=O)NC(CO)CCC(=O)NC(CCC(=O)NC(CCC(=O)O)C(=O)O)C(=O)NC(CCC(=O)O)C(=O)O. The Bertz CT molecular complexity index is 1250. The van der Waals surface area contributed by atoms with E-state index in [0.29, 0.717) is 13.0 Å². The number of aliphatic hydroxyl groups is 1. The highest BCUT2D eigenvalue weighted by Gasteiger charge is 2.29. The van der Waals surface area contributed by atoms with Crippen molar-refractivity contribution < 1.29 is 73.4 Å². The lowest BCUT2D eigenvalue weighted by Gasteiger charge is -2.22. The van der Waals surface area contributed by atoms with Gasteiger partial charge in [-0.15, -0.1) is 0 Å². The number of rotatable bonds is 28. The maximum absolute atomic E-state index is 13.0. The van der Waals surface area contributed by atoms with Crippen molar-refractivity contribution in [1.29, 1.82) is 0 Å². The Labute approximate surface area is 307 Å². The summed E-state index contributed by atoms with van der Waals surface area (Å²) in [5.74, 6) is -8.79. The predicted molar refractivity (Wildman–Crippen MR) is 184 cm³/mol. The third kappa shape index (κ3) is 25.6. The van der Waals surface area contributed by atoms with Crippen LogP contribution in [0, 0.1) is 0 Å². The van der Waals surface area contributed by atoms with Crippen molar-refractivity contribution in [1.82, 2.24) is 26.6 Å². The van der Waals surface area contributed by atoms with E-state index in [9.17, 15) is 58.5 Å². The molecule has 0 aliphatic carbocycles. The van der Waals surface area contributed by atoms with E-state index in [2.05, 4.69) is 26.6 Å². The maximum Gasteiger partial charge on any atom is 0.407 e. The largest absolute Gasteiger partial charge is 0.481 e. The Kier molecular flexibility index (Phi) is 23.4. The summed E-state index contributed by atoms with van der Waals surface area (Å²) in [4.78, 5) is 107. The number of unbranched alkanes of at least 4 members (excludes halogenated alkanes) is 4. The number of carbonyl (C=O) groups excluding carboxylic acids is 5. The number of aliphatic hydroxyl groups excluding tert-OH is 1. The van der Waals surface area contributed by atoms with Gasteiger partial charge in [0, 0.05) is 38.6 Å². The van der Waals surface area contributed by atoms with Crippen LogP contribution in [0.3, 0.4) is 0 Å². The molecule has 0 aliphatic rings. The van der Waals surface area contributed by atoms with Gasteiger partial charge in [-0.1, -0.05) is 19.3 Å². The summed E-state index contributed by atoms with van der Waals surface area (Å²) in [7, 11) is 0. The van der Waals surface area contributed by atoms with Gasteiger partial charge >= 0.3 is 30.0 Å². The number of alkyl carbamates (subject to hydrolysis) is 1.